The van der Waals surface area contributed by atoms with Crippen LogP contribution in [-0.4, -0.2) is 21.0 Å². The molecule has 0 N–H and O–H groups in total. The first kappa shape index (κ1) is 40.5. The fourth-order valence-electron chi connectivity index (χ4n) is 14.5. The Morgan fingerprint density at radius 3 is 1.13 bits per heavy atom. The summed E-state index contributed by atoms with van der Waals surface area (Å²) in [4.78, 5) is 14.1. The average molecular weight is 871 g/mol. The third kappa shape index (κ3) is 5.42. The highest BCUT2D eigenvalue weighted by molar-refractivity contribution is 5.91. The maximum absolute atomic E-state index is 4.40. The summed E-state index contributed by atoms with van der Waals surface area (Å²) in [7, 11) is 0. The van der Waals surface area contributed by atoms with E-state index in [0.717, 1.165) is 0 Å². The molecule has 4 heterocycles. The van der Waals surface area contributed by atoms with Crippen molar-refractivity contribution >= 4 is 22.7 Å². The first-order valence-electron chi connectivity index (χ1n) is 24.8. The normalized spacial score (nSPS) is 25.1. The largest absolute Gasteiger partial charge is 0.334 e. The lowest BCUT2D eigenvalue weighted by molar-refractivity contribution is 0.195. The predicted molar refractivity (Wildman–Crippen MR) is 276 cm³/mol. The molecule has 4 unspecified atom stereocenters. The third-order valence-electron chi connectivity index (χ3n) is 18.3. The van der Waals surface area contributed by atoms with Crippen molar-refractivity contribution in [2.45, 2.75) is 106 Å². The van der Waals surface area contributed by atoms with Gasteiger partial charge in [-0.25, -0.2) is 0 Å². The second kappa shape index (κ2) is 14.6. The van der Waals surface area contributed by atoms with Crippen LogP contribution < -0.4 is 9.80 Å². The van der Waals surface area contributed by atoms with E-state index >= 15 is 0 Å². The fraction of sp³-hybridized carbons (Fsp3) is 0.270. The number of hydrogen-bond donors (Lipinski definition) is 0. The average Bonchev–Trinajstić information content (AvgIpc) is 3.87. The van der Waals surface area contributed by atoms with Crippen LogP contribution in [0.4, 0.5) is 22.7 Å². The van der Waals surface area contributed by atoms with E-state index in [1.807, 2.05) is 24.8 Å². The number of benzene rings is 6. The monoisotopic (exact) mass is 870 g/mol. The highest BCUT2D eigenvalue weighted by Crippen LogP contribution is 2.64. The minimum Gasteiger partial charge on any atom is -0.334 e. The number of aromatic nitrogens is 2. The second-order valence-electron chi connectivity index (χ2n) is 21.2. The Morgan fingerprint density at radius 2 is 0.731 bits per heavy atom. The van der Waals surface area contributed by atoms with Crippen LogP contribution in [0, 0.1) is 0 Å². The molecule has 67 heavy (non-hydrogen) atoms. The molecule has 3 aliphatic carbocycles. The molecule has 6 aromatic carbocycles. The van der Waals surface area contributed by atoms with Gasteiger partial charge in [-0.05, 0) is 167 Å². The standard InChI is InChI=1S/C63H58N4/c1-59-31-11-13-33-61(59,3)66(49-27-35-64-36-28-49)57-25-21-45(41-55(57)59)43-19-23-51-52-24-20-44(40-54(52)63(53(51)39-43,47-15-7-5-8-16-47)48-17-9-6-10-18-48)46-22-26-58-56(42-46)60(2)32-12-14-34-62(60,4)67(58)50-29-37-65-38-30-50/h5-10,15-30,35-42H,11-14,31-34H2,1-4H3. The highest BCUT2D eigenvalue weighted by Gasteiger charge is 2.59. The summed E-state index contributed by atoms with van der Waals surface area (Å²) in [6, 6.07) is 60.8. The van der Waals surface area contributed by atoms with Crippen molar-refractivity contribution in [2.24, 2.45) is 0 Å². The van der Waals surface area contributed by atoms with E-state index < -0.39 is 5.41 Å². The lowest BCUT2D eigenvalue weighted by atomic mass is 9.61. The number of anilines is 4. The molecule has 4 nitrogen and oxygen atoms in total. The summed E-state index contributed by atoms with van der Waals surface area (Å²) in [6.45, 7) is 10.1. The van der Waals surface area contributed by atoms with Crippen LogP contribution in [0.5, 0.6) is 0 Å². The number of hydrogen-bond acceptors (Lipinski definition) is 4. The molecule has 2 aliphatic heterocycles. The quantitative estimate of drug-likeness (QED) is 0.167. The Hall–Kier alpha value is -6.78. The maximum Gasteiger partial charge on any atom is 0.0713 e. The van der Waals surface area contributed by atoms with Crippen LogP contribution in [0.1, 0.15) is 112 Å². The van der Waals surface area contributed by atoms with Gasteiger partial charge in [-0.2, -0.15) is 0 Å². The molecule has 0 amide bonds. The van der Waals surface area contributed by atoms with E-state index in [9.17, 15) is 0 Å². The molecule has 0 bridgehead atoms. The molecule has 5 aliphatic rings. The van der Waals surface area contributed by atoms with Gasteiger partial charge >= 0.3 is 0 Å². The Morgan fingerprint density at radius 1 is 0.373 bits per heavy atom. The molecule has 2 fully saturated rings. The van der Waals surface area contributed by atoms with Gasteiger partial charge in [0.15, 0.2) is 0 Å². The number of rotatable bonds is 6. The van der Waals surface area contributed by atoms with E-state index in [1.54, 1.807) is 0 Å². The van der Waals surface area contributed by atoms with Gasteiger partial charge in [0.1, 0.15) is 0 Å². The first-order chi connectivity index (χ1) is 32.7. The van der Waals surface area contributed by atoms with Crippen molar-refractivity contribution in [1.82, 2.24) is 9.97 Å². The van der Waals surface area contributed by atoms with Crippen molar-refractivity contribution < 1.29 is 0 Å². The molecular weight excluding hydrogens is 813 g/mol. The summed E-state index contributed by atoms with van der Waals surface area (Å²) in [6.07, 6.45) is 17.5. The minimum absolute atomic E-state index is 0.0168. The van der Waals surface area contributed by atoms with Gasteiger partial charge in [0, 0.05) is 58.4 Å². The van der Waals surface area contributed by atoms with Gasteiger partial charge in [-0.3, -0.25) is 9.97 Å². The van der Waals surface area contributed by atoms with Crippen molar-refractivity contribution in [3.63, 3.8) is 0 Å². The summed E-state index contributed by atoms with van der Waals surface area (Å²) < 4.78 is 0. The van der Waals surface area contributed by atoms with Gasteiger partial charge in [-0.1, -0.05) is 137 Å². The number of nitrogens with zero attached hydrogens (tertiary/aromatic N) is 4. The molecule has 330 valence electrons. The zero-order chi connectivity index (χ0) is 45.2. The molecule has 0 radical (unpaired) electrons. The summed E-state index contributed by atoms with van der Waals surface area (Å²) >= 11 is 0. The third-order valence-corrected chi connectivity index (χ3v) is 18.3. The van der Waals surface area contributed by atoms with Crippen molar-refractivity contribution in [2.75, 3.05) is 9.80 Å². The van der Waals surface area contributed by atoms with E-state index in [4.69, 9.17) is 0 Å². The maximum atomic E-state index is 4.40. The fourth-order valence-corrected chi connectivity index (χ4v) is 14.5. The SMILES string of the molecule is CC12CCCCC1(C)N(c1ccncc1)c1ccc(-c3ccc4c(c3)C(c3ccccc3)(c3ccccc3)c3cc(-c5ccc6c(c5)C5(C)CCCCC5(C)N6c5ccncc5)ccc3-4)cc12. The van der Waals surface area contributed by atoms with Gasteiger partial charge in [0.25, 0.3) is 0 Å². The second-order valence-corrected chi connectivity index (χ2v) is 21.2. The van der Waals surface area contributed by atoms with E-state index in [2.05, 4.69) is 205 Å². The van der Waals surface area contributed by atoms with E-state index in [1.165, 1.54) is 141 Å². The van der Waals surface area contributed by atoms with Crippen LogP contribution in [-0.2, 0) is 16.2 Å². The summed E-state index contributed by atoms with van der Waals surface area (Å²) in [5, 5.41) is 0. The molecule has 2 saturated carbocycles. The zero-order valence-corrected chi connectivity index (χ0v) is 39.3. The van der Waals surface area contributed by atoms with Gasteiger partial charge in [-0.15, -0.1) is 0 Å². The first-order valence-corrected chi connectivity index (χ1v) is 24.8. The Balaban J connectivity index is 0.984. The molecule has 4 atom stereocenters. The highest BCUT2D eigenvalue weighted by atomic mass is 15.3. The van der Waals surface area contributed by atoms with Gasteiger partial charge in [0.05, 0.1) is 16.5 Å². The van der Waals surface area contributed by atoms with E-state index in [0.29, 0.717) is 0 Å². The number of pyridine rings is 2. The van der Waals surface area contributed by atoms with Crippen LogP contribution in [0.2, 0.25) is 0 Å². The lowest BCUT2D eigenvalue weighted by Crippen LogP contribution is -2.54. The molecular formula is C63H58N4. The van der Waals surface area contributed by atoms with Crippen molar-refractivity contribution in [3.05, 3.63) is 216 Å². The topological polar surface area (TPSA) is 32.3 Å². The molecule has 0 spiro atoms. The zero-order valence-electron chi connectivity index (χ0n) is 39.3. The van der Waals surface area contributed by atoms with Gasteiger partial charge in [0.2, 0.25) is 0 Å². The molecule has 4 heteroatoms. The van der Waals surface area contributed by atoms with Crippen LogP contribution >= 0.6 is 0 Å². The van der Waals surface area contributed by atoms with Crippen LogP contribution in [0.15, 0.2) is 183 Å². The molecule has 8 aromatic rings. The Bertz CT molecular complexity index is 3000. The minimum atomic E-state index is -0.537. The molecule has 2 aromatic heterocycles. The van der Waals surface area contributed by atoms with Crippen molar-refractivity contribution in [1.29, 1.82) is 0 Å². The Kier molecular flexibility index (Phi) is 8.83. The van der Waals surface area contributed by atoms with Crippen LogP contribution in [0.25, 0.3) is 33.4 Å². The van der Waals surface area contributed by atoms with E-state index in [-0.39, 0.29) is 21.9 Å². The molecule has 13 rings (SSSR count). The smallest absolute Gasteiger partial charge is 0.0713 e. The predicted octanol–water partition coefficient (Wildman–Crippen LogP) is 15.7. The van der Waals surface area contributed by atoms with Crippen molar-refractivity contribution in [3.8, 4) is 33.4 Å². The Labute approximate surface area is 396 Å². The lowest BCUT2D eigenvalue weighted by Gasteiger charge is -2.50. The summed E-state index contributed by atoms with van der Waals surface area (Å²) in [5.41, 5.74) is 20.5. The summed E-state index contributed by atoms with van der Waals surface area (Å²) in [5.74, 6) is 0. The van der Waals surface area contributed by atoms with Gasteiger partial charge < -0.3 is 9.80 Å². The molecule has 0 saturated heterocycles. The van der Waals surface area contributed by atoms with Crippen LogP contribution in [0.3, 0.4) is 0 Å². The number of fused-ring (bicyclic) bond motifs is 9.